The van der Waals surface area contributed by atoms with Crippen LogP contribution in [0.1, 0.15) is 52.2 Å². The Bertz CT molecular complexity index is 829. The van der Waals surface area contributed by atoms with Gasteiger partial charge in [-0.1, -0.05) is 38.4 Å². The van der Waals surface area contributed by atoms with Crippen molar-refractivity contribution in [2.24, 2.45) is 5.41 Å². The fourth-order valence-corrected chi connectivity index (χ4v) is 4.38. The highest BCUT2D eigenvalue weighted by molar-refractivity contribution is 9.10. The second-order valence-corrected chi connectivity index (χ2v) is 10.3. The maximum atomic E-state index is 14.0. The highest BCUT2D eigenvalue weighted by atomic mass is 79.9. The van der Waals surface area contributed by atoms with Crippen molar-refractivity contribution >= 4 is 27.5 Å². The molecule has 0 aromatic heterocycles. The summed E-state index contributed by atoms with van der Waals surface area (Å²) in [5.74, 6) is 0.705. The summed E-state index contributed by atoms with van der Waals surface area (Å²) in [6, 6.07) is 8.50. The van der Waals surface area contributed by atoms with Crippen molar-refractivity contribution in [1.82, 2.24) is 5.32 Å². The number of hydrogen-bond donors (Lipinski definition) is 1. The molecule has 0 saturated carbocycles. The standard InChI is InChI=1S/C23H30BrClFNO2/c1-22(2,3)14-23(4,5)27-12-15-10-17(24)21(20(11-15)28-6)29-13-16-18(25)8-7-9-19(16)26/h7-11,27H,12-14H2,1-6H3. The molecule has 0 radical (unpaired) electrons. The molecule has 0 aliphatic carbocycles. The molecule has 6 heteroatoms. The second-order valence-electron chi connectivity index (χ2n) is 9.07. The lowest BCUT2D eigenvalue weighted by Gasteiger charge is -2.33. The Morgan fingerprint density at radius 2 is 1.83 bits per heavy atom. The van der Waals surface area contributed by atoms with E-state index in [-0.39, 0.29) is 17.6 Å². The van der Waals surface area contributed by atoms with E-state index in [1.165, 1.54) is 6.07 Å². The molecule has 0 bridgehead atoms. The Hall–Kier alpha value is -1.30. The molecule has 0 fully saturated rings. The van der Waals surface area contributed by atoms with Crippen molar-refractivity contribution in [3.63, 3.8) is 0 Å². The van der Waals surface area contributed by atoms with Gasteiger partial charge in [0.15, 0.2) is 11.5 Å². The lowest BCUT2D eigenvalue weighted by atomic mass is 9.82. The van der Waals surface area contributed by atoms with Gasteiger partial charge in [-0.05, 0) is 71.4 Å². The molecule has 0 spiro atoms. The van der Waals surface area contributed by atoms with Crippen molar-refractivity contribution in [3.8, 4) is 11.5 Å². The maximum absolute atomic E-state index is 14.0. The molecule has 0 atom stereocenters. The van der Waals surface area contributed by atoms with Crippen LogP contribution >= 0.6 is 27.5 Å². The summed E-state index contributed by atoms with van der Waals surface area (Å²) in [7, 11) is 1.59. The molecule has 0 saturated heterocycles. The highest BCUT2D eigenvalue weighted by Crippen LogP contribution is 2.38. The molecule has 3 nitrogen and oxygen atoms in total. The Kier molecular flexibility index (Phi) is 8.00. The van der Waals surface area contributed by atoms with Crippen LogP contribution in [0.3, 0.4) is 0 Å². The summed E-state index contributed by atoms with van der Waals surface area (Å²) >= 11 is 9.65. The van der Waals surface area contributed by atoms with Gasteiger partial charge in [0, 0.05) is 17.6 Å². The molecule has 1 N–H and O–H groups in total. The van der Waals surface area contributed by atoms with E-state index in [1.54, 1.807) is 19.2 Å². The van der Waals surface area contributed by atoms with E-state index >= 15 is 0 Å². The smallest absolute Gasteiger partial charge is 0.175 e. The number of methoxy groups -OCH3 is 1. The summed E-state index contributed by atoms with van der Waals surface area (Å²) in [6.45, 7) is 11.8. The minimum absolute atomic E-state index is 0.00524. The van der Waals surface area contributed by atoms with Gasteiger partial charge >= 0.3 is 0 Å². The summed E-state index contributed by atoms with van der Waals surface area (Å²) in [6.07, 6.45) is 1.04. The Morgan fingerprint density at radius 1 is 1.14 bits per heavy atom. The third kappa shape index (κ3) is 7.16. The number of ether oxygens (including phenoxy) is 2. The Morgan fingerprint density at radius 3 is 2.41 bits per heavy atom. The monoisotopic (exact) mass is 485 g/mol. The van der Waals surface area contributed by atoms with Gasteiger partial charge in [0.2, 0.25) is 0 Å². The largest absolute Gasteiger partial charge is 0.493 e. The molecular weight excluding hydrogens is 457 g/mol. The first kappa shape index (κ1) is 24.0. The minimum Gasteiger partial charge on any atom is -0.493 e. The van der Waals surface area contributed by atoms with Gasteiger partial charge in [0.25, 0.3) is 0 Å². The Balaban J connectivity index is 2.15. The molecule has 0 aliphatic heterocycles. The fourth-order valence-electron chi connectivity index (χ4n) is 3.56. The van der Waals surface area contributed by atoms with Crippen molar-refractivity contribution in [1.29, 1.82) is 0 Å². The van der Waals surface area contributed by atoms with Crippen LogP contribution < -0.4 is 14.8 Å². The molecule has 0 aliphatic rings. The van der Waals surface area contributed by atoms with E-state index in [9.17, 15) is 4.39 Å². The molecule has 2 aromatic carbocycles. The van der Waals surface area contributed by atoms with Crippen molar-refractivity contribution in [2.75, 3.05) is 7.11 Å². The lowest BCUT2D eigenvalue weighted by Crippen LogP contribution is -2.41. The zero-order valence-corrected chi connectivity index (χ0v) is 20.3. The fraction of sp³-hybridized carbons (Fsp3) is 0.478. The average molecular weight is 487 g/mol. The van der Waals surface area contributed by atoms with Gasteiger partial charge in [-0.2, -0.15) is 0 Å². The highest BCUT2D eigenvalue weighted by Gasteiger charge is 2.25. The molecule has 29 heavy (non-hydrogen) atoms. The van der Waals surface area contributed by atoms with Gasteiger partial charge in [0.05, 0.1) is 16.6 Å². The number of hydrogen-bond acceptors (Lipinski definition) is 3. The predicted octanol–water partition coefficient (Wildman–Crippen LogP) is 7.13. The zero-order chi connectivity index (χ0) is 21.8. The molecular formula is C23H30BrClFNO2. The van der Waals surface area contributed by atoms with Crippen LogP contribution in [-0.2, 0) is 13.2 Å². The van der Waals surface area contributed by atoms with Gasteiger partial charge < -0.3 is 14.8 Å². The van der Waals surface area contributed by atoms with Crippen molar-refractivity contribution < 1.29 is 13.9 Å². The van der Waals surface area contributed by atoms with E-state index in [0.29, 0.717) is 28.6 Å². The van der Waals surface area contributed by atoms with E-state index in [0.717, 1.165) is 16.5 Å². The van der Waals surface area contributed by atoms with Crippen LogP contribution in [0.25, 0.3) is 0 Å². The summed E-state index contributed by atoms with van der Waals surface area (Å²) in [5.41, 5.74) is 1.61. The van der Waals surface area contributed by atoms with Crippen LogP contribution in [0.4, 0.5) is 4.39 Å². The van der Waals surface area contributed by atoms with E-state index in [4.69, 9.17) is 21.1 Å². The lowest BCUT2D eigenvalue weighted by molar-refractivity contribution is 0.240. The van der Waals surface area contributed by atoms with Crippen molar-refractivity contribution in [3.05, 3.63) is 56.8 Å². The van der Waals surface area contributed by atoms with Gasteiger partial charge in [-0.25, -0.2) is 4.39 Å². The minimum atomic E-state index is -0.394. The summed E-state index contributed by atoms with van der Waals surface area (Å²) in [4.78, 5) is 0. The first-order valence-electron chi connectivity index (χ1n) is 9.59. The molecule has 0 amide bonds. The van der Waals surface area contributed by atoms with Gasteiger partial charge in [-0.15, -0.1) is 0 Å². The number of rotatable bonds is 8. The first-order valence-corrected chi connectivity index (χ1v) is 10.8. The van der Waals surface area contributed by atoms with Crippen LogP contribution in [-0.4, -0.2) is 12.6 Å². The predicted molar refractivity (Wildman–Crippen MR) is 121 cm³/mol. The quantitative estimate of drug-likeness (QED) is 0.430. The number of nitrogens with one attached hydrogen (secondary N) is 1. The third-order valence-corrected chi connectivity index (χ3v) is 5.40. The van der Waals surface area contributed by atoms with Gasteiger partial charge in [-0.3, -0.25) is 0 Å². The zero-order valence-electron chi connectivity index (χ0n) is 18.0. The maximum Gasteiger partial charge on any atom is 0.175 e. The van der Waals surface area contributed by atoms with E-state index < -0.39 is 5.82 Å². The summed E-state index contributed by atoms with van der Waals surface area (Å²) in [5, 5.41) is 3.95. The molecule has 0 unspecified atom stereocenters. The molecule has 160 valence electrons. The third-order valence-electron chi connectivity index (χ3n) is 4.46. The molecule has 2 aromatic rings. The SMILES string of the molecule is COc1cc(CNC(C)(C)CC(C)(C)C)cc(Br)c1OCc1c(F)cccc1Cl. The van der Waals surface area contributed by atoms with Crippen LogP contribution in [0.5, 0.6) is 11.5 Å². The number of benzene rings is 2. The first-order chi connectivity index (χ1) is 13.4. The van der Waals surface area contributed by atoms with Crippen molar-refractivity contribution in [2.45, 2.75) is 59.7 Å². The van der Waals surface area contributed by atoms with Crippen LogP contribution in [0.15, 0.2) is 34.8 Å². The number of halogens is 3. The van der Waals surface area contributed by atoms with Crippen LogP contribution in [0, 0.1) is 11.2 Å². The van der Waals surface area contributed by atoms with E-state index in [2.05, 4.69) is 55.9 Å². The average Bonchev–Trinajstić information content (AvgIpc) is 2.58. The second kappa shape index (κ2) is 9.67. The topological polar surface area (TPSA) is 30.5 Å². The van der Waals surface area contributed by atoms with Crippen LogP contribution in [0.2, 0.25) is 5.02 Å². The Labute approximate surface area is 187 Å². The summed E-state index contributed by atoms with van der Waals surface area (Å²) < 4.78 is 26.1. The molecule has 2 rings (SSSR count). The molecule has 0 heterocycles. The van der Waals surface area contributed by atoms with Gasteiger partial charge in [0.1, 0.15) is 12.4 Å². The van der Waals surface area contributed by atoms with E-state index in [1.807, 2.05) is 12.1 Å². The normalized spacial score (nSPS) is 12.2.